The highest BCUT2D eigenvalue weighted by Gasteiger charge is 2.34. The van der Waals surface area contributed by atoms with Crippen molar-refractivity contribution in [3.05, 3.63) is 28.7 Å². The number of nitrogens with zero attached hydrogens (tertiary/aromatic N) is 2. The van der Waals surface area contributed by atoms with E-state index in [9.17, 15) is 18.1 Å². The van der Waals surface area contributed by atoms with Gasteiger partial charge in [0.1, 0.15) is 5.69 Å². The van der Waals surface area contributed by atoms with Gasteiger partial charge in [0, 0.05) is 11.7 Å². The van der Waals surface area contributed by atoms with E-state index in [4.69, 9.17) is 0 Å². The van der Waals surface area contributed by atoms with Crippen LogP contribution in [0.25, 0.3) is 0 Å². The average molecular weight is 287 g/mol. The summed E-state index contributed by atoms with van der Waals surface area (Å²) in [5.41, 5.74) is -1.04. The summed E-state index contributed by atoms with van der Waals surface area (Å²) in [5.74, 6) is 0. The van der Waals surface area contributed by atoms with Crippen molar-refractivity contribution >= 4 is 11.4 Å². The van der Waals surface area contributed by atoms with Gasteiger partial charge < -0.3 is 10.2 Å². The van der Waals surface area contributed by atoms with E-state index in [-0.39, 0.29) is 17.4 Å². The lowest BCUT2D eigenvalue weighted by Gasteiger charge is -2.30. The second kappa shape index (κ2) is 5.78. The minimum absolute atomic E-state index is 0.0134. The van der Waals surface area contributed by atoms with Crippen molar-refractivity contribution in [2.75, 3.05) is 25.5 Å². The van der Waals surface area contributed by atoms with Crippen molar-refractivity contribution in [2.45, 2.75) is 25.1 Å². The van der Waals surface area contributed by atoms with Crippen molar-refractivity contribution in [2.24, 2.45) is 5.18 Å². The highest BCUT2D eigenvalue weighted by atomic mass is 19.4. The Kier molecular flexibility index (Phi) is 4.27. The van der Waals surface area contributed by atoms with E-state index >= 15 is 0 Å². The fourth-order valence-electron chi connectivity index (χ4n) is 2.32. The summed E-state index contributed by atoms with van der Waals surface area (Å²) < 4.78 is 39.0. The fourth-order valence-corrected chi connectivity index (χ4v) is 2.32. The summed E-state index contributed by atoms with van der Waals surface area (Å²) >= 11 is 0. The van der Waals surface area contributed by atoms with Crippen LogP contribution in [0.15, 0.2) is 23.4 Å². The molecule has 1 aromatic carbocycles. The molecule has 20 heavy (non-hydrogen) atoms. The van der Waals surface area contributed by atoms with Gasteiger partial charge >= 0.3 is 6.18 Å². The summed E-state index contributed by atoms with van der Waals surface area (Å²) in [4.78, 5) is 12.5. The maximum absolute atomic E-state index is 13.0. The molecule has 0 aromatic heterocycles. The summed E-state index contributed by atoms with van der Waals surface area (Å²) in [6.07, 6.45) is -2.92. The molecule has 1 heterocycles. The number of piperidine rings is 1. The van der Waals surface area contributed by atoms with Crippen molar-refractivity contribution in [3.63, 3.8) is 0 Å². The second-order valence-electron chi connectivity index (χ2n) is 5.04. The van der Waals surface area contributed by atoms with E-state index in [2.05, 4.69) is 15.4 Å². The number of hydrogen-bond acceptors (Lipinski definition) is 4. The van der Waals surface area contributed by atoms with E-state index in [0.29, 0.717) is 0 Å². The zero-order chi connectivity index (χ0) is 14.8. The first kappa shape index (κ1) is 14.8. The van der Waals surface area contributed by atoms with Gasteiger partial charge in [-0.1, -0.05) is 0 Å². The van der Waals surface area contributed by atoms with Crippen LogP contribution in [-0.4, -0.2) is 31.1 Å². The molecule has 0 atom stereocenters. The number of rotatable bonds is 3. The van der Waals surface area contributed by atoms with Crippen LogP contribution in [0.5, 0.6) is 0 Å². The van der Waals surface area contributed by atoms with E-state index < -0.39 is 11.7 Å². The van der Waals surface area contributed by atoms with Gasteiger partial charge in [-0.2, -0.15) is 13.2 Å². The molecule has 1 aromatic rings. The molecule has 7 heteroatoms. The number of nitrogens with one attached hydrogen (secondary N) is 1. The maximum Gasteiger partial charge on any atom is 0.418 e. The Morgan fingerprint density at radius 3 is 2.50 bits per heavy atom. The number of likely N-dealkylation sites (tertiary alicyclic amines) is 1. The van der Waals surface area contributed by atoms with Gasteiger partial charge in [-0.05, 0) is 56.4 Å². The second-order valence-corrected chi connectivity index (χ2v) is 5.04. The van der Waals surface area contributed by atoms with Crippen molar-refractivity contribution in [3.8, 4) is 0 Å². The van der Waals surface area contributed by atoms with Gasteiger partial charge in [0.2, 0.25) is 0 Å². The smallest absolute Gasteiger partial charge is 0.382 e. The van der Waals surface area contributed by atoms with Crippen molar-refractivity contribution in [1.29, 1.82) is 0 Å². The summed E-state index contributed by atoms with van der Waals surface area (Å²) in [6.45, 7) is 1.71. The summed E-state index contributed by atoms with van der Waals surface area (Å²) in [6, 6.07) is 3.36. The predicted molar refractivity (Wildman–Crippen MR) is 71.0 cm³/mol. The molecule has 0 amide bonds. The third-order valence-electron chi connectivity index (χ3n) is 3.49. The standard InChI is InChI=1S/C13H16F3N3O/c1-19-6-4-9(5-7-19)17-12-3-2-10(18-20)8-11(12)13(14,15)16/h2-3,8-9,17H,4-7H2,1H3. The van der Waals surface area contributed by atoms with Gasteiger partial charge in [0.15, 0.2) is 0 Å². The molecule has 0 radical (unpaired) electrons. The molecular formula is C13H16F3N3O. The van der Waals surface area contributed by atoms with E-state index in [0.717, 1.165) is 32.0 Å². The average Bonchev–Trinajstić information content (AvgIpc) is 2.40. The van der Waals surface area contributed by atoms with Crippen LogP contribution >= 0.6 is 0 Å². The topological polar surface area (TPSA) is 44.7 Å². The molecule has 0 saturated carbocycles. The van der Waals surface area contributed by atoms with Gasteiger partial charge in [-0.3, -0.25) is 0 Å². The molecule has 1 aliphatic heterocycles. The number of hydrogen-bond donors (Lipinski definition) is 1. The molecule has 1 aliphatic rings. The van der Waals surface area contributed by atoms with E-state index in [1.54, 1.807) is 0 Å². The van der Waals surface area contributed by atoms with Gasteiger partial charge in [0.25, 0.3) is 0 Å². The molecule has 1 saturated heterocycles. The fraction of sp³-hybridized carbons (Fsp3) is 0.538. The van der Waals surface area contributed by atoms with Crippen molar-refractivity contribution in [1.82, 2.24) is 4.90 Å². The Bertz CT molecular complexity index is 482. The summed E-state index contributed by atoms with van der Waals surface area (Å²) in [7, 11) is 1.99. The minimum Gasteiger partial charge on any atom is -0.382 e. The molecule has 0 aliphatic carbocycles. The Labute approximate surface area is 114 Å². The van der Waals surface area contributed by atoms with Crippen LogP contribution in [-0.2, 0) is 6.18 Å². The predicted octanol–water partition coefficient (Wildman–Crippen LogP) is 3.61. The highest BCUT2D eigenvalue weighted by Crippen LogP contribution is 2.37. The molecule has 1 N–H and O–H groups in total. The van der Waals surface area contributed by atoms with Gasteiger partial charge in [-0.15, -0.1) is 4.91 Å². The number of anilines is 1. The first-order valence-corrected chi connectivity index (χ1v) is 6.40. The zero-order valence-electron chi connectivity index (χ0n) is 11.1. The molecule has 4 nitrogen and oxygen atoms in total. The molecular weight excluding hydrogens is 271 g/mol. The van der Waals surface area contributed by atoms with Crippen LogP contribution in [0.3, 0.4) is 0 Å². The monoisotopic (exact) mass is 287 g/mol. The lowest BCUT2D eigenvalue weighted by molar-refractivity contribution is -0.136. The zero-order valence-corrected chi connectivity index (χ0v) is 11.1. The molecule has 0 spiro atoms. The minimum atomic E-state index is -4.51. The van der Waals surface area contributed by atoms with E-state index in [1.165, 1.54) is 12.1 Å². The number of nitroso groups, excluding NO2 is 1. The Balaban J connectivity index is 2.20. The Morgan fingerprint density at radius 2 is 1.95 bits per heavy atom. The van der Waals surface area contributed by atoms with Gasteiger partial charge in [0.05, 0.1) is 5.56 Å². The first-order chi connectivity index (χ1) is 9.40. The maximum atomic E-state index is 13.0. The largest absolute Gasteiger partial charge is 0.418 e. The molecule has 2 rings (SSSR count). The lowest BCUT2D eigenvalue weighted by atomic mass is 10.0. The SMILES string of the molecule is CN1CCC(Nc2ccc(N=O)cc2C(F)(F)F)CC1. The third kappa shape index (κ3) is 3.47. The number of benzene rings is 1. The van der Waals surface area contributed by atoms with Crippen LogP contribution in [0.1, 0.15) is 18.4 Å². The third-order valence-corrected chi connectivity index (χ3v) is 3.49. The molecule has 110 valence electrons. The van der Waals surface area contributed by atoms with Crippen LogP contribution in [0.4, 0.5) is 24.5 Å². The number of alkyl halides is 3. The molecule has 0 unspecified atom stereocenters. The normalized spacial score (nSPS) is 18.0. The molecule has 1 fully saturated rings. The number of halogens is 3. The van der Waals surface area contributed by atoms with Crippen LogP contribution < -0.4 is 5.32 Å². The lowest BCUT2D eigenvalue weighted by Crippen LogP contribution is -2.37. The van der Waals surface area contributed by atoms with Gasteiger partial charge in [-0.25, -0.2) is 0 Å². The quantitative estimate of drug-likeness (QED) is 0.864. The van der Waals surface area contributed by atoms with Crippen LogP contribution in [0.2, 0.25) is 0 Å². The Morgan fingerprint density at radius 1 is 1.30 bits per heavy atom. The van der Waals surface area contributed by atoms with E-state index in [1.807, 2.05) is 7.05 Å². The summed E-state index contributed by atoms with van der Waals surface area (Å²) in [5, 5.41) is 5.50. The molecule has 0 bridgehead atoms. The van der Waals surface area contributed by atoms with Crippen molar-refractivity contribution < 1.29 is 13.2 Å². The van der Waals surface area contributed by atoms with Crippen LogP contribution in [0, 0.1) is 4.91 Å². The Hall–Kier alpha value is -1.63. The highest BCUT2D eigenvalue weighted by molar-refractivity contribution is 5.59. The first-order valence-electron chi connectivity index (χ1n) is 6.40.